The number of aliphatic carboxylic acids is 1. The molecule has 108 valence electrons. The molecule has 0 aliphatic carbocycles. The third-order valence-electron chi connectivity index (χ3n) is 3.72. The van der Waals surface area contributed by atoms with Gasteiger partial charge in [-0.05, 0) is 53.4 Å². The summed E-state index contributed by atoms with van der Waals surface area (Å²) in [6.45, 7) is 2.33. The summed E-state index contributed by atoms with van der Waals surface area (Å²) in [6.07, 6.45) is 4.91. The number of amides is 1. The minimum absolute atomic E-state index is 0.226. The topological polar surface area (TPSA) is 57.6 Å². The second-order valence-electron chi connectivity index (χ2n) is 4.76. The van der Waals surface area contributed by atoms with Crippen LogP contribution in [0.5, 0.6) is 0 Å². The van der Waals surface area contributed by atoms with Crippen molar-refractivity contribution in [1.82, 2.24) is 4.90 Å². The van der Waals surface area contributed by atoms with E-state index in [1.54, 1.807) is 6.08 Å². The van der Waals surface area contributed by atoms with E-state index in [4.69, 9.17) is 0 Å². The smallest absolute Gasteiger partial charge is 0.329 e. The van der Waals surface area contributed by atoms with Gasteiger partial charge in [0.15, 0.2) is 0 Å². The Morgan fingerprint density at radius 2 is 2.30 bits per heavy atom. The van der Waals surface area contributed by atoms with Crippen LogP contribution in [0.3, 0.4) is 0 Å². The number of carbonyl (C=O) groups is 2. The molecule has 1 aliphatic heterocycles. The minimum Gasteiger partial charge on any atom is -0.479 e. The van der Waals surface area contributed by atoms with Crippen molar-refractivity contribution in [2.24, 2.45) is 0 Å². The first-order chi connectivity index (χ1) is 9.49. The number of likely N-dealkylation sites (tertiary alicyclic amines) is 1. The summed E-state index contributed by atoms with van der Waals surface area (Å²) in [5, 5.41) is 9.45. The third-order valence-corrected chi connectivity index (χ3v) is 5.31. The number of rotatable bonds is 4. The lowest BCUT2D eigenvalue weighted by molar-refractivity contribution is -0.155. The quantitative estimate of drug-likeness (QED) is 0.840. The molecule has 2 rings (SSSR count). The van der Waals surface area contributed by atoms with E-state index in [2.05, 4.69) is 15.9 Å². The Labute approximate surface area is 130 Å². The molecule has 1 atom stereocenters. The van der Waals surface area contributed by atoms with Gasteiger partial charge >= 0.3 is 5.97 Å². The first kappa shape index (κ1) is 15.3. The van der Waals surface area contributed by atoms with E-state index in [1.165, 1.54) is 22.3 Å². The Balaban J connectivity index is 2.16. The van der Waals surface area contributed by atoms with Crippen molar-refractivity contribution in [2.75, 3.05) is 6.54 Å². The van der Waals surface area contributed by atoms with Gasteiger partial charge in [-0.1, -0.05) is 6.92 Å². The molecule has 0 aromatic carbocycles. The molecule has 6 heteroatoms. The number of carbonyl (C=O) groups excluding carboxylic acids is 1. The van der Waals surface area contributed by atoms with Crippen LogP contribution in [0.1, 0.15) is 31.1 Å². The van der Waals surface area contributed by atoms with Crippen molar-refractivity contribution in [3.05, 3.63) is 26.9 Å². The lowest BCUT2D eigenvalue weighted by Crippen LogP contribution is -2.52. The van der Waals surface area contributed by atoms with Crippen LogP contribution in [0.15, 0.2) is 22.0 Å². The van der Waals surface area contributed by atoms with Gasteiger partial charge in [0.05, 0.1) is 3.79 Å². The monoisotopic (exact) mass is 357 g/mol. The second kappa shape index (κ2) is 6.10. The van der Waals surface area contributed by atoms with E-state index < -0.39 is 11.5 Å². The zero-order valence-electron chi connectivity index (χ0n) is 11.1. The van der Waals surface area contributed by atoms with Crippen LogP contribution in [0.4, 0.5) is 0 Å². The molecule has 0 saturated carbocycles. The maximum absolute atomic E-state index is 12.3. The van der Waals surface area contributed by atoms with Crippen LogP contribution in [0.25, 0.3) is 6.08 Å². The highest BCUT2D eigenvalue weighted by atomic mass is 79.9. The number of thiophene rings is 1. The van der Waals surface area contributed by atoms with Crippen molar-refractivity contribution in [3.63, 3.8) is 0 Å². The van der Waals surface area contributed by atoms with Crippen molar-refractivity contribution >= 4 is 45.2 Å². The normalized spacial score (nSPS) is 22.6. The average molecular weight is 358 g/mol. The fourth-order valence-electron chi connectivity index (χ4n) is 2.60. The average Bonchev–Trinajstić information content (AvgIpc) is 3.02. The molecule has 0 bridgehead atoms. The van der Waals surface area contributed by atoms with Crippen LogP contribution in [0, 0.1) is 0 Å². The van der Waals surface area contributed by atoms with Crippen LogP contribution >= 0.6 is 27.3 Å². The van der Waals surface area contributed by atoms with Gasteiger partial charge in [0, 0.05) is 17.5 Å². The number of carboxylic acids is 1. The van der Waals surface area contributed by atoms with E-state index in [9.17, 15) is 14.7 Å². The number of carboxylic acid groups (broad SMARTS) is 1. The fraction of sp³-hybridized carbons (Fsp3) is 0.429. The highest BCUT2D eigenvalue weighted by Crippen LogP contribution is 2.33. The zero-order valence-corrected chi connectivity index (χ0v) is 13.5. The van der Waals surface area contributed by atoms with Crippen molar-refractivity contribution in [1.29, 1.82) is 0 Å². The van der Waals surface area contributed by atoms with Gasteiger partial charge in [-0.3, -0.25) is 4.79 Å². The predicted octanol–water partition coefficient (Wildman–Crippen LogP) is 3.38. The minimum atomic E-state index is -1.03. The van der Waals surface area contributed by atoms with Gasteiger partial charge in [-0.25, -0.2) is 4.79 Å². The van der Waals surface area contributed by atoms with E-state index >= 15 is 0 Å². The molecule has 20 heavy (non-hydrogen) atoms. The Hall–Kier alpha value is -1.14. The van der Waals surface area contributed by atoms with E-state index in [0.717, 1.165) is 15.1 Å². The molecule has 1 fully saturated rings. The fourth-order valence-corrected chi connectivity index (χ4v) is 3.93. The summed E-state index contributed by atoms with van der Waals surface area (Å²) in [6, 6.07) is 3.82. The summed E-state index contributed by atoms with van der Waals surface area (Å²) in [7, 11) is 0. The number of nitrogens with zero attached hydrogens (tertiary/aromatic N) is 1. The maximum atomic E-state index is 12.3. The van der Waals surface area contributed by atoms with Crippen LogP contribution in [0.2, 0.25) is 0 Å². The Morgan fingerprint density at radius 3 is 2.85 bits per heavy atom. The molecule has 4 nitrogen and oxygen atoms in total. The SMILES string of the molecule is CCC1(C(=O)O)CCCN1C(=O)/C=C/c1ccc(Br)s1. The van der Waals surface area contributed by atoms with Gasteiger partial charge in [0.25, 0.3) is 0 Å². The van der Waals surface area contributed by atoms with Gasteiger partial charge in [0.2, 0.25) is 5.91 Å². The largest absolute Gasteiger partial charge is 0.479 e. The van der Waals surface area contributed by atoms with Gasteiger partial charge in [-0.2, -0.15) is 0 Å². The number of hydrogen-bond acceptors (Lipinski definition) is 3. The van der Waals surface area contributed by atoms with Crippen LogP contribution in [-0.4, -0.2) is 34.0 Å². The lowest BCUT2D eigenvalue weighted by atomic mass is 9.93. The highest BCUT2D eigenvalue weighted by molar-refractivity contribution is 9.11. The first-order valence-electron chi connectivity index (χ1n) is 6.48. The summed E-state index contributed by atoms with van der Waals surface area (Å²) >= 11 is 4.89. The molecule has 2 heterocycles. The maximum Gasteiger partial charge on any atom is 0.329 e. The molecule has 1 saturated heterocycles. The van der Waals surface area contributed by atoms with Crippen molar-refractivity contribution < 1.29 is 14.7 Å². The molecule has 1 unspecified atom stereocenters. The molecule has 0 radical (unpaired) electrons. The number of hydrogen-bond donors (Lipinski definition) is 1. The molecular weight excluding hydrogens is 342 g/mol. The Kier molecular flexibility index (Phi) is 4.65. The Morgan fingerprint density at radius 1 is 1.55 bits per heavy atom. The van der Waals surface area contributed by atoms with E-state index in [0.29, 0.717) is 19.4 Å². The Bertz CT molecular complexity index is 554. The molecule has 1 aromatic rings. The van der Waals surface area contributed by atoms with Crippen molar-refractivity contribution in [2.45, 2.75) is 31.7 Å². The van der Waals surface area contributed by atoms with Crippen molar-refractivity contribution in [3.8, 4) is 0 Å². The highest BCUT2D eigenvalue weighted by Gasteiger charge is 2.47. The molecule has 0 spiro atoms. The van der Waals surface area contributed by atoms with Gasteiger partial charge in [-0.15, -0.1) is 11.3 Å². The number of halogens is 1. The third kappa shape index (κ3) is 2.81. The van der Waals surface area contributed by atoms with Crippen LogP contribution < -0.4 is 0 Å². The molecule has 1 aromatic heterocycles. The van der Waals surface area contributed by atoms with Gasteiger partial charge < -0.3 is 10.0 Å². The van der Waals surface area contributed by atoms with Gasteiger partial charge in [0.1, 0.15) is 5.54 Å². The molecule has 1 amide bonds. The summed E-state index contributed by atoms with van der Waals surface area (Å²) < 4.78 is 0.999. The molecule has 1 N–H and O–H groups in total. The second-order valence-corrected chi connectivity index (χ2v) is 7.25. The lowest BCUT2D eigenvalue weighted by Gasteiger charge is -2.33. The molecule has 1 aliphatic rings. The first-order valence-corrected chi connectivity index (χ1v) is 8.09. The summed E-state index contributed by atoms with van der Waals surface area (Å²) in [5.74, 6) is -1.13. The zero-order chi connectivity index (χ0) is 14.8. The standard InChI is InChI=1S/C14H16BrNO3S/c1-2-14(13(18)19)8-3-9-16(14)12(17)7-5-10-4-6-11(15)20-10/h4-7H,2-3,8-9H2,1H3,(H,18,19)/b7-5+. The van der Waals surface area contributed by atoms with E-state index in [-0.39, 0.29) is 5.91 Å². The van der Waals surface area contributed by atoms with Crippen LogP contribution in [-0.2, 0) is 9.59 Å². The summed E-state index contributed by atoms with van der Waals surface area (Å²) in [4.78, 5) is 26.3. The molecular formula is C14H16BrNO3S. The van der Waals surface area contributed by atoms with E-state index in [1.807, 2.05) is 19.1 Å². The summed E-state index contributed by atoms with van der Waals surface area (Å²) in [5.41, 5.74) is -1.03. The predicted molar refractivity (Wildman–Crippen MR) is 82.7 cm³/mol.